The molecule has 0 atom stereocenters. The number of nitrogens with one attached hydrogen (secondary N) is 2. The van der Waals surface area contributed by atoms with E-state index in [-0.39, 0.29) is 11.8 Å². The van der Waals surface area contributed by atoms with E-state index < -0.39 is 0 Å². The molecule has 2 aromatic carbocycles. The summed E-state index contributed by atoms with van der Waals surface area (Å²) in [5.74, 6) is -0.359. The molecule has 6 nitrogen and oxygen atoms in total. The largest absolute Gasteiger partial charge is 0.324 e. The van der Waals surface area contributed by atoms with Gasteiger partial charge in [0.1, 0.15) is 11.4 Å². The van der Waals surface area contributed by atoms with Crippen LogP contribution in [0.4, 0.5) is 22.7 Å². The molecule has 0 aliphatic heterocycles. The number of anilines is 2. The van der Waals surface area contributed by atoms with Crippen molar-refractivity contribution in [3.05, 3.63) is 48.5 Å². The van der Waals surface area contributed by atoms with E-state index in [0.29, 0.717) is 22.7 Å². The van der Waals surface area contributed by atoms with Gasteiger partial charge in [-0.3, -0.25) is 9.59 Å². The molecule has 2 rings (SSSR count). The molecule has 2 aromatic rings. The van der Waals surface area contributed by atoms with Gasteiger partial charge in [-0.2, -0.15) is 0 Å². The summed E-state index contributed by atoms with van der Waals surface area (Å²) in [6.45, 7) is 2.86. The van der Waals surface area contributed by atoms with Gasteiger partial charge in [-0.25, -0.2) is 0 Å². The van der Waals surface area contributed by atoms with E-state index in [1.165, 1.54) is 13.8 Å². The maximum Gasteiger partial charge on any atom is 0.221 e. The minimum atomic E-state index is -0.179. The van der Waals surface area contributed by atoms with Crippen molar-refractivity contribution >= 4 is 34.6 Å². The highest BCUT2D eigenvalue weighted by atomic mass is 16.2. The number of nitrogens with zero attached hydrogens (tertiary/aromatic N) is 2. The van der Waals surface area contributed by atoms with Crippen LogP contribution in [0.3, 0.4) is 0 Å². The molecule has 2 N–H and O–H groups in total. The van der Waals surface area contributed by atoms with Crippen molar-refractivity contribution < 1.29 is 9.59 Å². The molecule has 0 heterocycles. The van der Waals surface area contributed by atoms with E-state index in [9.17, 15) is 9.59 Å². The fourth-order valence-corrected chi connectivity index (χ4v) is 1.82. The Bertz CT molecular complexity index is 664. The molecule has 0 spiro atoms. The molecule has 0 bridgehead atoms. The zero-order valence-electron chi connectivity index (χ0n) is 12.3. The van der Waals surface area contributed by atoms with Gasteiger partial charge in [-0.15, -0.1) is 10.2 Å². The van der Waals surface area contributed by atoms with E-state index >= 15 is 0 Å². The second kappa shape index (κ2) is 7.12. The van der Waals surface area contributed by atoms with Gasteiger partial charge in [-0.05, 0) is 24.3 Å². The number of carbonyl (C=O) groups is 2. The van der Waals surface area contributed by atoms with E-state index in [1.807, 2.05) is 0 Å². The Hall–Kier alpha value is -3.02. The van der Waals surface area contributed by atoms with Crippen molar-refractivity contribution in [2.24, 2.45) is 10.2 Å². The van der Waals surface area contributed by atoms with Crippen molar-refractivity contribution in [2.45, 2.75) is 13.8 Å². The van der Waals surface area contributed by atoms with Gasteiger partial charge < -0.3 is 10.6 Å². The molecular weight excluding hydrogens is 280 g/mol. The van der Waals surface area contributed by atoms with Gasteiger partial charge in [0.25, 0.3) is 0 Å². The van der Waals surface area contributed by atoms with Crippen LogP contribution in [0.25, 0.3) is 0 Å². The average Bonchev–Trinajstić information content (AvgIpc) is 2.46. The van der Waals surface area contributed by atoms with Crippen molar-refractivity contribution in [3.8, 4) is 0 Å². The minimum absolute atomic E-state index is 0.179. The lowest BCUT2D eigenvalue weighted by atomic mass is 10.2. The topological polar surface area (TPSA) is 82.9 Å². The molecule has 0 radical (unpaired) electrons. The second-order valence-electron chi connectivity index (χ2n) is 4.60. The number of amides is 2. The Morgan fingerprint density at radius 2 is 1.09 bits per heavy atom. The third kappa shape index (κ3) is 4.24. The summed E-state index contributed by atoms with van der Waals surface area (Å²) in [6.07, 6.45) is 0. The third-order valence-corrected chi connectivity index (χ3v) is 2.69. The summed E-state index contributed by atoms with van der Waals surface area (Å²) in [4.78, 5) is 22.4. The van der Waals surface area contributed by atoms with Crippen molar-refractivity contribution in [1.29, 1.82) is 0 Å². The van der Waals surface area contributed by atoms with Crippen molar-refractivity contribution in [3.63, 3.8) is 0 Å². The van der Waals surface area contributed by atoms with Crippen LogP contribution in [0.1, 0.15) is 13.8 Å². The molecule has 112 valence electrons. The summed E-state index contributed by atoms with van der Waals surface area (Å²) < 4.78 is 0. The third-order valence-electron chi connectivity index (χ3n) is 2.69. The Labute approximate surface area is 128 Å². The first-order valence-corrected chi connectivity index (χ1v) is 6.71. The van der Waals surface area contributed by atoms with E-state index in [1.54, 1.807) is 48.5 Å². The van der Waals surface area contributed by atoms with Gasteiger partial charge in [0.15, 0.2) is 0 Å². The minimum Gasteiger partial charge on any atom is -0.324 e. The van der Waals surface area contributed by atoms with Crippen LogP contribution in [0.15, 0.2) is 58.8 Å². The highest BCUT2D eigenvalue weighted by Gasteiger charge is 2.04. The summed E-state index contributed by atoms with van der Waals surface area (Å²) in [5.41, 5.74) is 2.23. The molecule has 0 aromatic heterocycles. The van der Waals surface area contributed by atoms with E-state index in [4.69, 9.17) is 0 Å². The van der Waals surface area contributed by atoms with Crippen molar-refractivity contribution in [1.82, 2.24) is 0 Å². The van der Waals surface area contributed by atoms with Crippen molar-refractivity contribution in [2.75, 3.05) is 10.6 Å². The van der Waals surface area contributed by atoms with Crippen LogP contribution in [0, 0.1) is 0 Å². The second-order valence-corrected chi connectivity index (χ2v) is 4.60. The monoisotopic (exact) mass is 296 g/mol. The van der Waals surface area contributed by atoms with Gasteiger partial charge in [0, 0.05) is 13.8 Å². The Kier molecular flexibility index (Phi) is 4.98. The Balaban J connectivity index is 2.29. The number of azo groups is 1. The molecule has 0 fully saturated rings. The zero-order valence-corrected chi connectivity index (χ0v) is 12.3. The van der Waals surface area contributed by atoms with E-state index in [2.05, 4.69) is 20.9 Å². The van der Waals surface area contributed by atoms with Gasteiger partial charge >= 0.3 is 0 Å². The lowest BCUT2D eigenvalue weighted by Gasteiger charge is -2.06. The number of carbonyl (C=O) groups excluding carboxylic acids is 2. The Morgan fingerprint density at radius 1 is 0.727 bits per heavy atom. The fourth-order valence-electron chi connectivity index (χ4n) is 1.82. The van der Waals surface area contributed by atoms with Crippen LogP contribution in [0.5, 0.6) is 0 Å². The fraction of sp³-hybridized carbons (Fsp3) is 0.125. The van der Waals surface area contributed by atoms with Gasteiger partial charge in [0.2, 0.25) is 11.8 Å². The maximum atomic E-state index is 11.2. The average molecular weight is 296 g/mol. The maximum absolute atomic E-state index is 11.2. The van der Waals surface area contributed by atoms with E-state index in [0.717, 1.165) is 0 Å². The molecule has 0 aliphatic carbocycles. The standard InChI is InChI=1S/C16H16N4O2/c1-11(21)17-13-7-3-5-9-15(13)19-20-16-10-6-4-8-14(16)18-12(2)22/h3-10H,1-2H3,(H,17,21)(H,18,22). The molecule has 0 saturated carbocycles. The first kappa shape index (κ1) is 15.4. The predicted molar refractivity (Wildman–Crippen MR) is 85.7 cm³/mol. The molecule has 0 unspecified atom stereocenters. The number of para-hydroxylation sites is 2. The predicted octanol–water partition coefficient (Wildman–Crippen LogP) is 4.02. The normalized spacial score (nSPS) is 10.5. The summed E-state index contributed by atoms with van der Waals surface area (Å²) in [7, 11) is 0. The van der Waals surface area contributed by atoms with Crippen LogP contribution in [0.2, 0.25) is 0 Å². The highest BCUT2D eigenvalue weighted by molar-refractivity contribution is 5.92. The zero-order chi connectivity index (χ0) is 15.9. The first-order valence-electron chi connectivity index (χ1n) is 6.71. The molecular formula is C16H16N4O2. The van der Waals surface area contributed by atoms with Gasteiger partial charge in [0.05, 0.1) is 11.4 Å². The number of rotatable bonds is 4. The molecule has 0 aliphatic rings. The number of benzene rings is 2. The van der Waals surface area contributed by atoms with Crippen LogP contribution in [-0.2, 0) is 9.59 Å². The molecule has 2 amide bonds. The van der Waals surface area contributed by atoms with Crippen LogP contribution < -0.4 is 10.6 Å². The smallest absolute Gasteiger partial charge is 0.221 e. The summed E-state index contributed by atoms with van der Waals surface area (Å²) >= 11 is 0. The summed E-state index contributed by atoms with van der Waals surface area (Å²) in [6, 6.07) is 14.2. The first-order chi connectivity index (χ1) is 10.6. The number of hydrogen-bond donors (Lipinski definition) is 2. The van der Waals surface area contributed by atoms with Gasteiger partial charge in [-0.1, -0.05) is 24.3 Å². The van der Waals surface area contributed by atoms with Crippen LogP contribution >= 0.6 is 0 Å². The molecule has 22 heavy (non-hydrogen) atoms. The lowest BCUT2D eigenvalue weighted by Crippen LogP contribution is -2.05. The van der Waals surface area contributed by atoms with Crippen LogP contribution in [-0.4, -0.2) is 11.8 Å². The quantitative estimate of drug-likeness (QED) is 0.835. The number of hydrogen-bond acceptors (Lipinski definition) is 4. The highest BCUT2D eigenvalue weighted by Crippen LogP contribution is 2.29. The Morgan fingerprint density at radius 3 is 1.45 bits per heavy atom. The summed E-state index contributed by atoms with van der Waals surface area (Å²) in [5, 5.41) is 13.7. The SMILES string of the molecule is CC(=O)Nc1ccccc1N=Nc1ccccc1NC(C)=O. The molecule has 0 saturated heterocycles. The lowest BCUT2D eigenvalue weighted by molar-refractivity contribution is -0.115. The molecule has 6 heteroatoms.